The van der Waals surface area contributed by atoms with Gasteiger partial charge < -0.3 is 0 Å². The van der Waals surface area contributed by atoms with Crippen LogP contribution in [-0.2, 0) is 0 Å². The number of amides is 1. The van der Waals surface area contributed by atoms with Gasteiger partial charge in [-0.05, 0) is 24.6 Å². The fourth-order valence-electron chi connectivity index (χ4n) is 1.90. The number of nitrogens with zero attached hydrogens (tertiary/aromatic N) is 3. The van der Waals surface area contributed by atoms with Gasteiger partial charge >= 0.3 is 0 Å². The van der Waals surface area contributed by atoms with E-state index in [9.17, 15) is 14.9 Å². The number of nitrogens with one attached hydrogen (secondary N) is 1. The van der Waals surface area contributed by atoms with Gasteiger partial charge in [-0.15, -0.1) is 0 Å². The number of carbonyl (C=O) groups excluding carboxylic acids is 1. The highest BCUT2D eigenvalue weighted by atomic mass is 32.1. The Bertz CT molecular complexity index is 891. The molecule has 1 aromatic carbocycles. The van der Waals surface area contributed by atoms with E-state index in [0.29, 0.717) is 5.13 Å². The highest BCUT2D eigenvalue weighted by Crippen LogP contribution is 2.27. The van der Waals surface area contributed by atoms with Crippen LogP contribution >= 0.6 is 11.3 Å². The molecule has 3 aromatic rings. The van der Waals surface area contributed by atoms with Crippen molar-refractivity contribution in [1.82, 2.24) is 9.97 Å². The van der Waals surface area contributed by atoms with E-state index in [2.05, 4.69) is 15.3 Å². The molecule has 3 rings (SSSR count). The molecule has 0 aliphatic heterocycles. The number of hydrogen-bond donors (Lipinski definition) is 1. The third kappa shape index (κ3) is 2.77. The molecule has 0 fully saturated rings. The van der Waals surface area contributed by atoms with Gasteiger partial charge in [0.15, 0.2) is 5.13 Å². The van der Waals surface area contributed by atoms with Crippen LogP contribution in [0.1, 0.15) is 16.1 Å². The van der Waals surface area contributed by atoms with Crippen LogP contribution in [0.2, 0.25) is 0 Å². The Morgan fingerprint density at radius 1 is 1.32 bits per heavy atom. The van der Waals surface area contributed by atoms with Crippen LogP contribution in [0.5, 0.6) is 0 Å². The van der Waals surface area contributed by atoms with E-state index >= 15 is 0 Å². The summed E-state index contributed by atoms with van der Waals surface area (Å²) in [5.74, 6) is -0.528. The molecular weight excluding hydrogens is 304 g/mol. The summed E-state index contributed by atoms with van der Waals surface area (Å²) in [6.45, 7) is 1.98. The second-order valence-electron chi connectivity index (χ2n) is 4.60. The first-order valence-electron chi connectivity index (χ1n) is 6.32. The fraction of sp³-hybridized carbons (Fsp3) is 0.0714. The summed E-state index contributed by atoms with van der Waals surface area (Å²) in [5, 5.41) is 13.8. The lowest BCUT2D eigenvalue weighted by Crippen LogP contribution is -2.13. The van der Waals surface area contributed by atoms with E-state index in [1.54, 1.807) is 0 Å². The summed E-state index contributed by atoms with van der Waals surface area (Å²) in [5.41, 5.74) is 1.69. The number of benzene rings is 1. The van der Waals surface area contributed by atoms with Crippen LogP contribution in [0.25, 0.3) is 10.2 Å². The molecule has 0 saturated carbocycles. The van der Waals surface area contributed by atoms with Gasteiger partial charge in [0, 0.05) is 18.3 Å². The van der Waals surface area contributed by atoms with Crippen molar-refractivity contribution in [3.8, 4) is 0 Å². The van der Waals surface area contributed by atoms with Gasteiger partial charge in [-0.3, -0.25) is 25.2 Å². The quantitative estimate of drug-likeness (QED) is 0.591. The van der Waals surface area contributed by atoms with Crippen molar-refractivity contribution in [3.05, 3.63) is 57.9 Å². The van der Waals surface area contributed by atoms with Crippen molar-refractivity contribution in [2.75, 3.05) is 5.32 Å². The molecule has 22 heavy (non-hydrogen) atoms. The van der Waals surface area contributed by atoms with Crippen molar-refractivity contribution >= 4 is 38.3 Å². The fourth-order valence-corrected chi connectivity index (χ4v) is 2.86. The number of rotatable bonds is 3. The Labute approximate surface area is 128 Å². The number of thiazole rings is 1. The van der Waals surface area contributed by atoms with Gasteiger partial charge in [0.1, 0.15) is 5.69 Å². The molecular formula is C14H10N4O3S. The standard InChI is InChI=1S/C14H10N4O3S/c1-8-2-3-10-12(6-8)22-14(16-10)17-13(19)11-7-9(18(20)21)4-5-15-11/h2-7H,1H3,(H,16,17,19). The molecule has 110 valence electrons. The number of nitro groups is 1. The summed E-state index contributed by atoms with van der Waals surface area (Å²) >= 11 is 1.34. The van der Waals surface area contributed by atoms with Crippen LogP contribution in [0.3, 0.4) is 0 Å². The van der Waals surface area contributed by atoms with Crippen LogP contribution in [-0.4, -0.2) is 20.8 Å². The minimum absolute atomic E-state index is 0.0235. The zero-order valence-corrected chi connectivity index (χ0v) is 12.3. The number of fused-ring (bicyclic) bond motifs is 1. The molecule has 2 heterocycles. The molecule has 0 atom stereocenters. The molecule has 1 amide bonds. The normalized spacial score (nSPS) is 10.6. The third-order valence-corrected chi connectivity index (χ3v) is 3.88. The Morgan fingerprint density at radius 3 is 2.91 bits per heavy atom. The largest absolute Gasteiger partial charge is 0.296 e. The second-order valence-corrected chi connectivity index (χ2v) is 5.63. The van der Waals surface area contributed by atoms with E-state index in [-0.39, 0.29) is 11.4 Å². The predicted molar refractivity (Wildman–Crippen MR) is 83.2 cm³/mol. The lowest BCUT2D eigenvalue weighted by molar-refractivity contribution is -0.385. The number of pyridine rings is 1. The number of anilines is 1. The zero-order valence-electron chi connectivity index (χ0n) is 11.4. The van der Waals surface area contributed by atoms with Crippen molar-refractivity contribution in [3.63, 3.8) is 0 Å². The molecule has 0 aliphatic carbocycles. The molecule has 2 aromatic heterocycles. The molecule has 0 unspecified atom stereocenters. The van der Waals surface area contributed by atoms with Crippen molar-refractivity contribution in [2.24, 2.45) is 0 Å². The second kappa shape index (κ2) is 5.49. The summed E-state index contributed by atoms with van der Waals surface area (Å²) < 4.78 is 0.960. The van der Waals surface area contributed by atoms with Crippen LogP contribution in [0, 0.1) is 17.0 Å². The first-order valence-corrected chi connectivity index (χ1v) is 7.13. The van der Waals surface area contributed by atoms with Crippen molar-refractivity contribution in [1.29, 1.82) is 0 Å². The Balaban J connectivity index is 1.86. The van der Waals surface area contributed by atoms with Crippen molar-refractivity contribution in [2.45, 2.75) is 6.92 Å². The van der Waals surface area contributed by atoms with Crippen molar-refractivity contribution < 1.29 is 9.72 Å². The predicted octanol–water partition coefficient (Wildman–Crippen LogP) is 3.16. The maximum atomic E-state index is 12.1. The van der Waals surface area contributed by atoms with Gasteiger partial charge in [0.25, 0.3) is 11.6 Å². The van der Waals surface area contributed by atoms with Gasteiger partial charge in [-0.1, -0.05) is 17.4 Å². The van der Waals surface area contributed by atoms with E-state index in [1.807, 2.05) is 25.1 Å². The van der Waals surface area contributed by atoms with Gasteiger partial charge in [-0.25, -0.2) is 4.98 Å². The highest BCUT2D eigenvalue weighted by Gasteiger charge is 2.15. The topological polar surface area (TPSA) is 98.0 Å². The third-order valence-electron chi connectivity index (χ3n) is 2.95. The van der Waals surface area contributed by atoms with Gasteiger partial charge in [0.2, 0.25) is 0 Å². The van der Waals surface area contributed by atoms with Crippen LogP contribution < -0.4 is 5.32 Å². The summed E-state index contributed by atoms with van der Waals surface area (Å²) in [7, 11) is 0. The monoisotopic (exact) mass is 314 g/mol. The van der Waals surface area contributed by atoms with E-state index < -0.39 is 10.8 Å². The Kier molecular flexibility index (Phi) is 3.51. The molecule has 8 heteroatoms. The highest BCUT2D eigenvalue weighted by molar-refractivity contribution is 7.22. The lowest BCUT2D eigenvalue weighted by Gasteiger charge is -2.00. The summed E-state index contributed by atoms with van der Waals surface area (Å²) in [4.78, 5) is 30.4. The average molecular weight is 314 g/mol. The minimum atomic E-state index is -0.571. The Morgan fingerprint density at radius 2 is 2.14 bits per heavy atom. The molecule has 0 bridgehead atoms. The number of carbonyl (C=O) groups is 1. The molecule has 0 aliphatic rings. The molecule has 7 nitrogen and oxygen atoms in total. The first-order chi connectivity index (χ1) is 10.5. The van der Waals surface area contributed by atoms with Crippen LogP contribution in [0.15, 0.2) is 36.5 Å². The lowest BCUT2D eigenvalue weighted by atomic mass is 10.2. The van der Waals surface area contributed by atoms with E-state index in [0.717, 1.165) is 21.8 Å². The smallest absolute Gasteiger partial charge is 0.276 e. The first kappa shape index (κ1) is 14.1. The average Bonchev–Trinajstić information content (AvgIpc) is 2.88. The molecule has 0 spiro atoms. The van der Waals surface area contributed by atoms with Crippen LogP contribution in [0.4, 0.5) is 10.8 Å². The Hall–Kier alpha value is -2.87. The molecule has 1 N–H and O–H groups in total. The van der Waals surface area contributed by atoms with Gasteiger partial charge in [0.05, 0.1) is 15.1 Å². The SMILES string of the molecule is Cc1ccc2nc(NC(=O)c3cc([N+](=O)[O-])ccn3)sc2c1. The van der Waals surface area contributed by atoms with E-state index in [4.69, 9.17) is 0 Å². The maximum Gasteiger partial charge on any atom is 0.276 e. The number of hydrogen-bond acceptors (Lipinski definition) is 6. The van der Waals surface area contributed by atoms with E-state index in [1.165, 1.54) is 23.6 Å². The maximum absolute atomic E-state index is 12.1. The summed E-state index contributed by atoms with van der Waals surface area (Å²) in [6, 6.07) is 8.16. The minimum Gasteiger partial charge on any atom is -0.296 e. The summed E-state index contributed by atoms with van der Waals surface area (Å²) in [6.07, 6.45) is 1.23. The zero-order chi connectivity index (χ0) is 15.7. The number of aryl methyl sites for hydroxylation is 1. The van der Waals surface area contributed by atoms with Gasteiger partial charge in [-0.2, -0.15) is 0 Å². The molecule has 0 saturated heterocycles. The molecule has 0 radical (unpaired) electrons. The number of aromatic nitrogens is 2.